The van der Waals surface area contributed by atoms with Crippen molar-refractivity contribution >= 4 is 17.3 Å². The summed E-state index contributed by atoms with van der Waals surface area (Å²) in [7, 11) is 1.72. The van der Waals surface area contributed by atoms with Crippen molar-refractivity contribution in [3.05, 3.63) is 52.2 Å². The summed E-state index contributed by atoms with van der Waals surface area (Å²) in [5, 5.41) is 8.59. The van der Waals surface area contributed by atoms with Crippen molar-refractivity contribution in [2.75, 3.05) is 20.2 Å². The highest BCUT2D eigenvalue weighted by Crippen LogP contribution is 2.19. The van der Waals surface area contributed by atoms with E-state index < -0.39 is 13.0 Å². The van der Waals surface area contributed by atoms with Gasteiger partial charge in [0, 0.05) is 30.9 Å². The first-order valence-electron chi connectivity index (χ1n) is 8.06. The van der Waals surface area contributed by atoms with Gasteiger partial charge in [0.1, 0.15) is 12.4 Å². The Labute approximate surface area is 150 Å². The molecule has 0 amide bonds. The van der Waals surface area contributed by atoms with Gasteiger partial charge in [-0.2, -0.15) is 0 Å². The highest BCUT2D eigenvalue weighted by Gasteiger charge is 2.08. The van der Waals surface area contributed by atoms with Gasteiger partial charge < -0.3 is 15.4 Å². The molecule has 0 bridgehead atoms. The van der Waals surface area contributed by atoms with E-state index in [4.69, 9.17) is 4.74 Å². The van der Waals surface area contributed by atoms with E-state index >= 15 is 0 Å². The van der Waals surface area contributed by atoms with Crippen LogP contribution in [0.2, 0.25) is 0 Å². The Morgan fingerprint density at radius 1 is 1.24 bits per heavy atom. The van der Waals surface area contributed by atoms with Crippen LogP contribution < -0.4 is 15.4 Å². The van der Waals surface area contributed by atoms with Gasteiger partial charge in [-0.3, -0.25) is 4.99 Å². The van der Waals surface area contributed by atoms with Crippen molar-refractivity contribution in [1.29, 1.82) is 0 Å². The molecule has 1 atom stereocenters. The minimum Gasteiger partial charge on any atom is -0.488 e. The Kier molecular flexibility index (Phi) is 7.66. The third kappa shape index (κ3) is 6.70. The van der Waals surface area contributed by atoms with E-state index in [9.17, 15) is 8.78 Å². The first-order valence-corrected chi connectivity index (χ1v) is 8.94. The number of halogens is 2. The lowest BCUT2D eigenvalue weighted by Gasteiger charge is -2.15. The lowest BCUT2D eigenvalue weighted by molar-refractivity contribution is 0.0818. The molecule has 0 fully saturated rings. The fourth-order valence-electron chi connectivity index (χ4n) is 2.23. The van der Waals surface area contributed by atoms with E-state index in [0.29, 0.717) is 24.2 Å². The van der Waals surface area contributed by atoms with Crippen molar-refractivity contribution in [1.82, 2.24) is 10.6 Å². The zero-order valence-corrected chi connectivity index (χ0v) is 15.2. The maximum absolute atomic E-state index is 12.2. The van der Waals surface area contributed by atoms with E-state index in [0.717, 1.165) is 12.1 Å². The monoisotopic (exact) mass is 367 g/mol. The Morgan fingerprint density at radius 2 is 2.08 bits per heavy atom. The normalized spacial score (nSPS) is 12.9. The highest BCUT2D eigenvalue weighted by molar-refractivity contribution is 7.10. The summed E-state index contributed by atoms with van der Waals surface area (Å²) in [6.07, 6.45) is -2.48. The molecule has 1 unspecified atom stereocenters. The van der Waals surface area contributed by atoms with E-state index in [-0.39, 0.29) is 0 Å². The standard InChI is InChI=1S/C18H23F2N3OS/c1-13(16-7-4-8-25-16)10-22-18(21-2)23-11-14-5-3-6-15(9-14)24-12-17(19)20/h3-9,13,17H,10-12H2,1-2H3,(H2,21,22,23). The van der Waals surface area contributed by atoms with Gasteiger partial charge in [0.05, 0.1) is 0 Å². The van der Waals surface area contributed by atoms with Crippen LogP contribution in [0.1, 0.15) is 23.3 Å². The molecule has 0 aliphatic heterocycles. The molecule has 0 radical (unpaired) electrons. The molecule has 0 aliphatic carbocycles. The fourth-order valence-corrected chi connectivity index (χ4v) is 3.02. The average Bonchev–Trinajstić information content (AvgIpc) is 3.15. The van der Waals surface area contributed by atoms with Crippen LogP contribution in [0.5, 0.6) is 5.75 Å². The molecule has 1 heterocycles. The van der Waals surface area contributed by atoms with Crippen molar-refractivity contribution in [3.63, 3.8) is 0 Å². The maximum Gasteiger partial charge on any atom is 0.272 e. The van der Waals surface area contributed by atoms with Crippen molar-refractivity contribution < 1.29 is 13.5 Å². The molecule has 2 aromatic rings. The number of alkyl halides is 2. The number of hydrogen-bond acceptors (Lipinski definition) is 3. The van der Waals surface area contributed by atoms with Crippen LogP contribution in [0.15, 0.2) is 46.8 Å². The molecule has 1 aromatic heterocycles. The van der Waals surface area contributed by atoms with Gasteiger partial charge in [-0.05, 0) is 29.1 Å². The molecular weight excluding hydrogens is 344 g/mol. The van der Waals surface area contributed by atoms with E-state index in [1.165, 1.54) is 4.88 Å². The number of aliphatic imine (C=N–C) groups is 1. The van der Waals surface area contributed by atoms with Gasteiger partial charge in [0.2, 0.25) is 0 Å². The smallest absolute Gasteiger partial charge is 0.272 e. The lowest BCUT2D eigenvalue weighted by Crippen LogP contribution is -2.38. The first kappa shape index (κ1) is 19.2. The Balaban J connectivity index is 1.81. The second-order valence-electron chi connectivity index (χ2n) is 5.57. The summed E-state index contributed by atoms with van der Waals surface area (Å²) in [5.41, 5.74) is 0.932. The van der Waals surface area contributed by atoms with Crippen LogP contribution in [-0.4, -0.2) is 32.6 Å². The molecule has 2 N–H and O–H groups in total. The van der Waals surface area contributed by atoms with Crippen LogP contribution in [0.3, 0.4) is 0 Å². The SMILES string of the molecule is CN=C(NCc1cccc(OCC(F)F)c1)NCC(C)c1cccs1. The van der Waals surface area contributed by atoms with Gasteiger partial charge in [-0.1, -0.05) is 25.1 Å². The Morgan fingerprint density at radius 3 is 2.76 bits per heavy atom. The van der Waals surface area contributed by atoms with Crippen LogP contribution in [0, 0.1) is 0 Å². The molecule has 4 nitrogen and oxygen atoms in total. The molecule has 25 heavy (non-hydrogen) atoms. The molecule has 136 valence electrons. The zero-order chi connectivity index (χ0) is 18.1. The summed E-state index contributed by atoms with van der Waals surface area (Å²) in [6.45, 7) is 2.87. The number of rotatable bonds is 8. The van der Waals surface area contributed by atoms with Crippen LogP contribution in [0.25, 0.3) is 0 Å². The van der Waals surface area contributed by atoms with Gasteiger partial charge in [-0.15, -0.1) is 11.3 Å². The largest absolute Gasteiger partial charge is 0.488 e. The minimum atomic E-state index is -2.48. The van der Waals surface area contributed by atoms with Gasteiger partial charge >= 0.3 is 0 Å². The van der Waals surface area contributed by atoms with Crippen molar-refractivity contribution in [2.45, 2.75) is 25.8 Å². The highest BCUT2D eigenvalue weighted by atomic mass is 32.1. The second kappa shape index (κ2) is 9.98. The number of guanidine groups is 1. The van der Waals surface area contributed by atoms with Crippen molar-refractivity contribution in [2.24, 2.45) is 4.99 Å². The molecule has 1 aromatic carbocycles. The lowest BCUT2D eigenvalue weighted by atomic mass is 10.1. The third-order valence-corrected chi connectivity index (χ3v) is 4.67. The predicted octanol–water partition coefficient (Wildman–Crippen LogP) is 3.86. The zero-order valence-electron chi connectivity index (χ0n) is 14.3. The summed E-state index contributed by atoms with van der Waals surface area (Å²) in [5.74, 6) is 1.53. The quantitative estimate of drug-likeness (QED) is 0.550. The van der Waals surface area contributed by atoms with Gasteiger partial charge in [-0.25, -0.2) is 8.78 Å². The van der Waals surface area contributed by atoms with E-state index in [1.54, 1.807) is 36.6 Å². The molecule has 0 saturated heterocycles. The third-order valence-electron chi connectivity index (χ3n) is 3.56. The number of nitrogens with one attached hydrogen (secondary N) is 2. The summed E-state index contributed by atoms with van der Waals surface area (Å²) in [6, 6.07) is 11.3. The second-order valence-corrected chi connectivity index (χ2v) is 6.55. The molecule has 0 spiro atoms. The number of thiophene rings is 1. The predicted molar refractivity (Wildman–Crippen MR) is 98.9 cm³/mol. The number of hydrogen-bond donors (Lipinski definition) is 2. The summed E-state index contributed by atoms with van der Waals surface area (Å²) < 4.78 is 29.5. The van der Waals surface area contributed by atoms with E-state index in [2.05, 4.69) is 34.0 Å². The van der Waals surface area contributed by atoms with Gasteiger partial charge in [0.15, 0.2) is 5.96 Å². The van der Waals surface area contributed by atoms with Crippen LogP contribution in [0.4, 0.5) is 8.78 Å². The summed E-state index contributed by atoms with van der Waals surface area (Å²) in [4.78, 5) is 5.53. The maximum atomic E-state index is 12.2. The Bertz CT molecular complexity index is 662. The molecule has 2 rings (SSSR count). The van der Waals surface area contributed by atoms with Crippen molar-refractivity contribution in [3.8, 4) is 5.75 Å². The first-order chi connectivity index (χ1) is 12.1. The van der Waals surface area contributed by atoms with E-state index in [1.807, 2.05) is 12.1 Å². The number of nitrogens with zero attached hydrogens (tertiary/aromatic N) is 1. The minimum absolute atomic E-state index is 0.393. The average molecular weight is 367 g/mol. The molecule has 0 saturated carbocycles. The molecular formula is C18H23F2N3OS. The van der Waals surface area contributed by atoms with Crippen LogP contribution >= 0.6 is 11.3 Å². The molecule has 7 heteroatoms. The van der Waals surface area contributed by atoms with Crippen LogP contribution in [-0.2, 0) is 6.54 Å². The molecule has 0 aliphatic rings. The summed E-state index contributed by atoms with van der Waals surface area (Å²) >= 11 is 1.74. The number of benzene rings is 1. The topological polar surface area (TPSA) is 45.7 Å². The fraction of sp³-hybridized carbons (Fsp3) is 0.389. The number of ether oxygens (including phenoxy) is 1. The van der Waals surface area contributed by atoms with Gasteiger partial charge in [0.25, 0.3) is 6.43 Å². The Hall–Kier alpha value is -2.15.